The molecule has 0 unspecified atom stereocenters. The fraction of sp³-hybridized carbons (Fsp3) is 0.190. The van der Waals surface area contributed by atoms with Gasteiger partial charge in [-0.2, -0.15) is 0 Å². The molecule has 0 saturated heterocycles. The van der Waals surface area contributed by atoms with Crippen LogP contribution in [-0.2, 0) is 0 Å². The van der Waals surface area contributed by atoms with Gasteiger partial charge in [-0.05, 0) is 56.6 Å². The number of aromatic nitrogens is 2. The van der Waals surface area contributed by atoms with E-state index in [4.69, 9.17) is 4.74 Å². The van der Waals surface area contributed by atoms with E-state index >= 15 is 0 Å². The molecule has 4 rings (SSSR count). The highest BCUT2D eigenvalue weighted by Crippen LogP contribution is 2.27. The molecule has 0 aliphatic carbocycles. The summed E-state index contributed by atoms with van der Waals surface area (Å²) in [6.07, 6.45) is 7.64. The van der Waals surface area contributed by atoms with Crippen LogP contribution in [0, 0.1) is 0 Å². The second-order valence-electron chi connectivity index (χ2n) is 6.75. The zero-order valence-electron chi connectivity index (χ0n) is 15.5. The smallest absolute Gasteiger partial charge is 0.120 e. The highest BCUT2D eigenvalue weighted by atomic mass is 16.5. The minimum absolute atomic E-state index is 0.675. The van der Waals surface area contributed by atoms with Crippen LogP contribution in [0.1, 0.15) is 11.3 Å². The number of H-pyrrole nitrogens is 1. The van der Waals surface area contributed by atoms with Gasteiger partial charge in [-0.15, -0.1) is 0 Å². The van der Waals surface area contributed by atoms with Gasteiger partial charge in [0, 0.05) is 52.9 Å². The summed E-state index contributed by atoms with van der Waals surface area (Å²) in [4.78, 5) is 9.66. The van der Waals surface area contributed by atoms with E-state index in [2.05, 4.69) is 50.0 Å². The number of likely N-dealkylation sites (N-methyl/N-ethyl adjacent to an activating group) is 1. The maximum absolute atomic E-state index is 5.84. The van der Waals surface area contributed by atoms with Crippen molar-refractivity contribution in [1.82, 2.24) is 25.7 Å². The number of nitrogens with one attached hydrogen (secondary N) is 3. The van der Waals surface area contributed by atoms with E-state index < -0.39 is 0 Å². The van der Waals surface area contributed by atoms with E-state index in [0.717, 1.165) is 45.7 Å². The molecule has 6 nitrogen and oxygen atoms in total. The van der Waals surface area contributed by atoms with E-state index in [1.54, 1.807) is 12.4 Å². The Labute approximate surface area is 158 Å². The minimum Gasteiger partial charge on any atom is -0.492 e. The summed E-state index contributed by atoms with van der Waals surface area (Å²) in [6, 6.07) is 12.2. The third-order valence-electron chi connectivity index (χ3n) is 4.44. The number of hydrogen-bond acceptors (Lipinski definition) is 5. The van der Waals surface area contributed by atoms with Crippen LogP contribution >= 0.6 is 0 Å². The average molecular weight is 361 g/mol. The summed E-state index contributed by atoms with van der Waals surface area (Å²) in [5.41, 5.74) is 11.6. The topological polar surface area (TPSA) is 65.2 Å². The highest BCUT2D eigenvalue weighted by molar-refractivity contribution is 5.90. The molecule has 0 atom stereocenters. The van der Waals surface area contributed by atoms with E-state index in [1.807, 2.05) is 38.5 Å². The predicted molar refractivity (Wildman–Crippen MR) is 109 cm³/mol. The Bertz CT molecular complexity index is 988. The fourth-order valence-corrected chi connectivity index (χ4v) is 2.97. The molecule has 1 aliphatic heterocycles. The van der Waals surface area contributed by atoms with Crippen molar-refractivity contribution >= 4 is 22.2 Å². The van der Waals surface area contributed by atoms with Crippen LogP contribution < -0.4 is 15.6 Å². The summed E-state index contributed by atoms with van der Waals surface area (Å²) in [6.45, 7) is 1.57. The standard InChI is InChI=1S/C21H23N5O/c1-26(2)9-10-27-18-3-4-19-16(11-18)12-20(24-19)17-13-21(25-23-14-17)15-5-7-22-8-6-15/h3-8,11-14,23-25H,9-10H2,1-2H3. The Kier molecular flexibility index (Phi) is 4.80. The maximum atomic E-state index is 5.84. The monoisotopic (exact) mass is 361 g/mol. The molecule has 0 amide bonds. The van der Waals surface area contributed by atoms with Crippen molar-refractivity contribution in [3.8, 4) is 5.75 Å². The molecule has 3 N–H and O–H groups in total. The third kappa shape index (κ3) is 3.96. The molecule has 0 radical (unpaired) electrons. The second-order valence-corrected chi connectivity index (χ2v) is 6.75. The number of fused-ring (bicyclic) bond motifs is 1. The molecule has 0 saturated carbocycles. The molecule has 3 heterocycles. The number of nitrogens with zero attached hydrogens (tertiary/aromatic N) is 2. The number of aromatic amines is 1. The zero-order valence-corrected chi connectivity index (χ0v) is 15.5. The molecule has 2 aromatic heterocycles. The molecule has 1 aliphatic rings. The fourth-order valence-electron chi connectivity index (χ4n) is 2.97. The van der Waals surface area contributed by atoms with Crippen LogP contribution in [0.3, 0.4) is 0 Å². The lowest BCUT2D eigenvalue weighted by molar-refractivity contribution is 0.261. The summed E-state index contributed by atoms with van der Waals surface area (Å²) >= 11 is 0. The van der Waals surface area contributed by atoms with Crippen molar-refractivity contribution in [3.63, 3.8) is 0 Å². The normalized spacial score (nSPS) is 13.7. The van der Waals surface area contributed by atoms with E-state index in [0.29, 0.717) is 6.61 Å². The number of benzene rings is 1. The molecule has 0 fully saturated rings. The lowest BCUT2D eigenvalue weighted by atomic mass is 10.1. The lowest BCUT2D eigenvalue weighted by Gasteiger charge is -2.17. The second kappa shape index (κ2) is 7.55. The molecular formula is C21H23N5O. The van der Waals surface area contributed by atoms with Crippen molar-refractivity contribution in [1.29, 1.82) is 0 Å². The van der Waals surface area contributed by atoms with Crippen molar-refractivity contribution < 1.29 is 4.74 Å². The Balaban J connectivity index is 1.57. The average Bonchev–Trinajstić information content (AvgIpc) is 3.12. The first-order valence-electron chi connectivity index (χ1n) is 8.93. The van der Waals surface area contributed by atoms with Crippen LogP contribution in [-0.4, -0.2) is 42.1 Å². The van der Waals surface area contributed by atoms with Crippen LogP contribution in [0.4, 0.5) is 0 Å². The SMILES string of the molecule is CN(C)CCOc1ccc2[nH]c(C3=CNNC(c4ccncc4)=C3)cc2c1. The van der Waals surface area contributed by atoms with Crippen LogP contribution in [0.15, 0.2) is 61.1 Å². The minimum atomic E-state index is 0.675. The summed E-state index contributed by atoms with van der Waals surface area (Å²) < 4.78 is 5.84. The number of ether oxygens (including phenoxy) is 1. The summed E-state index contributed by atoms with van der Waals surface area (Å²) in [5, 5.41) is 1.13. The molecule has 0 spiro atoms. The molecule has 27 heavy (non-hydrogen) atoms. The largest absolute Gasteiger partial charge is 0.492 e. The Morgan fingerprint density at radius 2 is 1.93 bits per heavy atom. The first-order valence-corrected chi connectivity index (χ1v) is 8.93. The van der Waals surface area contributed by atoms with E-state index in [1.165, 1.54) is 0 Å². The zero-order chi connectivity index (χ0) is 18.6. The van der Waals surface area contributed by atoms with Gasteiger partial charge in [-0.3, -0.25) is 4.98 Å². The van der Waals surface area contributed by atoms with Crippen molar-refractivity contribution in [2.75, 3.05) is 27.2 Å². The molecule has 0 bridgehead atoms. The van der Waals surface area contributed by atoms with Gasteiger partial charge in [-0.25, -0.2) is 0 Å². The lowest BCUT2D eigenvalue weighted by Crippen LogP contribution is -2.28. The molecular weight excluding hydrogens is 338 g/mol. The van der Waals surface area contributed by atoms with Gasteiger partial charge in [0.25, 0.3) is 0 Å². The van der Waals surface area contributed by atoms with Gasteiger partial charge in [0.05, 0.1) is 5.70 Å². The number of hydrazine groups is 1. The molecule has 138 valence electrons. The van der Waals surface area contributed by atoms with Crippen molar-refractivity contribution in [2.24, 2.45) is 0 Å². The van der Waals surface area contributed by atoms with Crippen LogP contribution in [0.25, 0.3) is 22.2 Å². The van der Waals surface area contributed by atoms with Crippen LogP contribution in [0.2, 0.25) is 0 Å². The third-order valence-corrected chi connectivity index (χ3v) is 4.44. The van der Waals surface area contributed by atoms with Gasteiger partial charge in [0.2, 0.25) is 0 Å². The number of rotatable bonds is 6. The first-order chi connectivity index (χ1) is 13.2. The molecule has 6 heteroatoms. The Morgan fingerprint density at radius 1 is 1.07 bits per heavy atom. The van der Waals surface area contributed by atoms with Gasteiger partial charge < -0.3 is 25.5 Å². The van der Waals surface area contributed by atoms with Gasteiger partial charge >= 0.3 is 0 Å². The number of pyridine rings is 1. The van der Waals surface area contributed by atoms with Crippen molar-refractivity contribution in [2.45, 2.75) is 0 Å². The van der Waals surface area contributed by atoms with Crippen molar-refractivity contribution in [3.05, 3.63) is 72.3 Å². The van der Waals surface area contributed by atoms with Gasteiger partial charge in [0.15, 0.2) is 0 Å². The summed E-state index contributed by atoms with van der Waals surface area (Å²) in [7, 11) is 4.08. The maximum Gasteiger partial charge on any atom is 0.120 e. The van der Waals surface area contributed by atoms with Gasteiger partial charge in [0.1, 0.15) is 12.4 Å². The molecule has 3 aromatic rings. The van der Waals surface area contributed by atoms with Crippen LogP contribution in [0.5, 0.6) is 5.75 Å². The predicted octanol–water partition coefficient (Wildman–Crippen LogP) is 2.99. The Hall–Kier alpha value is -3.25. The molecule has 1 aromatic carbocycles. The quantitative estimate of drug-likeness (QED) is 0.630. The number of allylic oxidation sites excluding steroid dienone is 2. The highest BCUT2D eigenvalue weighted by Gasteiger charge is 2.11. The van der Waals surface area contributed by atoms with E-state index in [9.17, 15) is 0 Å². The van der Waals surface area contributed by atoms with E-state index in [-0.39, 0.29) is 0 Å². The summed E-state index contributed by atoms with van der Waals surface area (Å²) in [5.74, 6) is 0.889. The first kappa shape index (κ1) is 17.2. The van der Waals surface area contributed by atoms with Gasteiger partial charge in [-0.1, -0.05) is 0 Å². The number of hydrogen-bond donors (Lipinski definition) is 3. The Morgan fingerprint density at radius 3 is 2.74 bits per heavy atom.